The Bertz CT molecular complexity index is 1200. The van der Waals surface area contributed by atoms with E-state index in [0.717, 1.165) is 0 Å². The maximum atomic E-state index is 12.8. The Balaban J connectivity index is 1.42. The van der Waals surface area contributed by atoms with Crippen LogP contribution in [0.15, 0.2) is 52.6 Å². The van der Waals surface area contributed by atoms with Gasteiger partial charge in [-0.1, -0.05) is 24.3 Å². The van der Waals surface area contributed by atoms with E-state index in [2.05, 4.69) is 9.71 Å². The number of carbonyl (C=O) groups excluding carboxylic acids is 1. The maximum Gasteiger partial charge on any atom is 0.256 e. The highest BCUT2D eigenvalue weighted by Gasteiger charge is 2.26. The van der Waals surface area contributed by atoms with Gasteiger partial charge in [0.25, 0.3) is 15.9 Å². The Morgan fingerprint density at radius 3 is 2.56 bits per heavy atom. The Kier molecular flexibility index (Phi) is 6.47. The second kappa shape index (κ2) is 9.14. The average Bonchev–Trinajstić information content (AvgIpc) is 2.78. The van der Waals surface area contributed by atoms with Gasteiger partial charge in [0, 0.05) is 32.4 Å². The summed E-state index contributed by atoms with van der Waals surface area (Å²) < 4.78 is 59.1. The van der Waals surface area contributed by atoms with Crippen molar-refractivity contribution in [3.05, 3.63) is 59.3 Å². The van der Waals surface area contributed by atoms with Gasteiger partial charge in [0.15, 0.2) is 0 Å². The number of carbonyl (C=O) groups is 1. The van der Waals surface area contributed by atoms with Gasteiger partial charge in [-0.15, -0.1) is 4.40 Å². The average molecular weight is 481 g/mol. The van der Waals surface area contributed by atoms with E-state index in [1.807, 2.05) is 0 Å². The third-order valence-electron chi connectivity index (χ3n) is 5.35. The molecule has 0 spiro atoms. The molecule has 1 fully saturated rings. The van der Waals surface area contributed by atoms with Crippen LogP contribution in [-0.4, -0.2) is 76.4 Å². The van der Waals surface area contributed by atoms with Gasteiger partial charge in [-0.25, -0.2) is 16.8 Å². The summed E-state index contributed by atoms with van der Waals surface area (Å²) >= 11 is 0. The smallest absolute Gasteiger partial charge is 0.256 e. The summed E-state index contributed by atoms with van der Waals surface area (Å²) in [5.74, 6) is -0.323. The number of sulfonamides is 2. The van der Waals surface area contributed by atoms with Gasteiger partial charge in [0.1, 0.15) is 5.84 Å². The molecule has 172 valence electrons. The lowest BCUT2D eigenvalue weighted by molar-refractivity contribution is -0.117. The molecular formula is C20H24N4O6S2. The number of amides is 1. The van der Waals surface area contributed by atoms with Crippen LogP contribution in [0, 0.1) is 0 Å². The number of nitrogens with zero attached hydrogens (tertiary/aromatic N) is 3. The van der Waals surface area contributed by atoms with E-state index in [1.54, 1.807) is 35.4 Å². The van der Waals surface area contributed by atoms with Crippen LogP contribution >= 0.6 is 0 Å². The van der Waals surface area contributed by atoms with Crippen LogP contribution in [0.1, 0.15) is 11.1 Å². The highest BCUT2D eigenvalue weighted by molar-refractivity contribution is 7.90. The third kappa shape index (κ3) is 5.26. The molecule has 1 amide bonds. The van der Waals surface area contributed by atoms with Crippen LogP contribution in [0.4, 0.5) is 0 Å². The summed E-state index contributed by atoms with van der Waals surface area (Å²) in [5, 5.41) is 2.81. The Hall–Kier alpha value is -2.54. The third-order valence-corrected chi connectivity index (χ3v) is 8.34. The second-order valence-corrected chi connectivity index (χ2v) is 11.3. The monoisotopic (exact) mass is 480 g/mol. The zero-order valence-electron chi connectivity index (χ0n) is 17.3. The molecule has 12 heteroatoms. The predicted molar refractivity (Wildman–Crippen MR) is 118 cm³/mol. The molecule has 10 nitrogen and oxygen atoms in total. The van der Waals surface area contributed by atoms with Crippen molar-refractivity contribution >= 4 is 31.8 Å². The van der Waals surface area contributed by atoms with E-state index < -0.39 is 20.0 Å². The van der Waals surface area contributed by atoms with Crippen LogP contribution in [0.3, 0.4) is 0 Å². The molecule has 0 radical (unpaired) electrons. The van der Waals surface area contributed by atoms with Crippen molar-refractivity contribution in [2.75, 3.05) is 38.6 Å². The summed E-state index contributed by atoms with van der Waals surface area (Å²) in [7, 11) is -6.95. The molecule has 1 aromatic rings. The SMILES string of the molecule is O=C(NCc1ccccc1CS(=O)(=O)N1CCOCC1)C1=CN2CCS(=O)(=O)N=C2C=C1. The number of benzene rings is 1. The minimum atomic E-state index is -3.49. The zero-order chi connectivity index (χ0) is 22.8. The second-order valence-electron chi connectivity index (χ2n) is 7.57. The maximum absolute atomic E-state index is 12.8. The number of ether oxygens (including phenoxy) is 1. The van der Waals surface area contributed by atoms with E-state index in [4.69, 9.17) is 4.74 Å². The lowest BCUT2D eigenvalue weighted by Crippen LogP contribution is -2.41. The van der Waals surface area contributed by atoms with Gasteiger partial charge >= 0.3 is 0 Å². The quantitative estimate of drug-likeness (QED) is 0.606. The first-order chi connectivity index (χ1) is 15.2. The molecule has 0 bridgehead atoms. The fourth-order valence-corrected chi connectivity index (χ4v) is 6.13. The van der Waals surface area contributed by atoms with Crippen LogP contribution in [-0.2, 0) is 41.9 Å². The summed E-state index contributed by atoms with van der Waals surface area (Å²) in [5.41, 5.74) is 1.70. The first-order valence-corrected chi connectivity index (χ1v) is 13.4. The molecule has 0 aliphatic carbocycles. The number of hydrogen-bond acceptors (Lipinski definition) is 7. The number of hydrogen-bond donors (Lipinski definition) is 1. The molecule has 3 heterocycles. The minimum Gasteiger partial charge on any atom is -0.379 e. The number of morpholine rings is 1. The van der Waals surface area contributed by atoms with Gasteiger partial charge in [0.2, 0.25) is 10.0 Å². The van der Waals surface area contributed by atoms with E-state index in [-0.39, 0.29) is 36.3 Å². The van der Waals surface area contributed by atoms with Crippen molar-refractivity contribution in [3.63, 3.8) is 0 Å². The van der Waals surface area contributed by atoms with Gasteiger partial charge in [0.05, 0.1) is 30.3 Å². The van der Waals surface area contributed by atoms with Gasteiger partial charge in [-0.2, -0.15) is 4.31 Å². The summed E-state index contributed by atoms with van der Waals surface area (Å²) in [6.45, 7) is 1.83. The van der Waals surface area contributed by atoms with E-state index >= 15 is 0 Å². The van der Waals surface area contributed by atoms with Crippen molar-refractivity contribution in [2.24, 2.45) is 4.40 Å². The largest absolute Gasteiger partial charge is 0.379 e. The van der Waals surface area contributed by atoms with Crippen LogP contribution in [0.5, 0.6) is 0 Å². The van der Waals surface area contributed by atoms with Crippen molar-refractivity contribution in [1.82, 2.24) is 14.5 Å². The molecule has 0 atom stereocenters. The summed E-state index contributed by atoms with van der Waals surface area (Å²) in [6, 6.07) is 7.10. The van der Waals surface area contributed by atoms with Gasteiger partial charge < -0.3 is 15.0 Å². The number of nitrogens with one attached hydrogen (secondary N) is 1. The number of rotatable bonds is 6. The normalized spacial score (nSPS) is 20.8. The molecule has 0 aromatic heterocycles. The van der Waals surface area contributed by atoms with E-state index in [0.29, 0.717) is 43.0 Å². The lowest BCUT2D eigenvalue weighted by Gasteiger charge is -2.27. The summed E-state index contributed by atoms with van der Waals surface area (Å²) in [6.07, 6.45) is 4.58. The molecular weight excluding hydrogens is 456 g/mol. The van der Waals surface area contributed by atoms with E-state index in [9.17, 15) is 21.6 Å². The number of amidine groups is 1. The molecule has 32 heavy (non-hydrogen) atoms. The topological polar surface area (TPSA) is 125 Å². The zero-order valence-corrected chi connectivity index (χ0v) is 18.9. The minimum absolute atomic E-state index is 0.110. The Labute approximate surface area is 187 Å². The van der Waals surface area contributed by atoms with Gasteiger partial charge in [-0.3, -0.25) is 4.79 Å². The van der Waals surface area contributed by atoms with Crippen molar-refractivity contribution in [2.45, 2.75) is 12.3 Å². The Morgan fingerprint density at radius 2 is 1.81 bits per heavy atom. The van der Waals surface area contributed by atoms with Crippen molar-refractivity contribution in [1.29, 1.82) is 0 Å². The number of fused-ring (bicyclic) bond motifs is 1. The standard InChI is InChI=1S/C20H24N4O6S2/c25-20(17-5-6-19-22-31(26,27)12-9-23(19)14-17)21-13-16-3-1-2-4-18(16)15-32(28,29)24-7-10-30-11-8-24/h1-6,14H,7-13,15H2,(H,21,25). The molecule has 4 rings (SSSR count). The molecule has 1 aromatic carbocycles. The molecule has 1 saturated heterocycles. The highest BCUT2D eigenvalue weighted by Crippen LogP contribution is 2.18. The van der Waals surface area contributed by atoms with Crippen LogP contribution in [0.2, 0.25) is 0 Å². The fourth-order valence-electron chi connectivity index (χ4n) is 3.60. The van der Waals surface area contributed by atoms with Crippen LogP contribution in [0.25, 0.3) is 0 Å². The summed E-state index contributed by atoms with van der Waals surface area (Å²) in [4.78, 5) is 14.3. The Morgan fingerprint density at radius 1 is 1.09 bits per heavy atom. The van der Waals surface area contributed by atoms with Crippen LogP contribution < -0.4 is 5.32 Å². The van der Waals surface area contributed by atoms with E-state index in [1.165, 1.54) is 16.5 Å². The first-order valence-electron chi connectivity index (χ1n) is 10.1. The molecule has 1 N–H and O–H groups in total. The van der Waals surface area contributed by atoms with Crippen molar-refractivity contribution < 1.29 is 26.4 Å². The molecule has 0 unspecified atom stereocenters. The van der Waals surface area contributed by atoms with Crippen molar-refractivity contribution in [3.8, 4) is 0 Å². The first kappa shape index (κ1) is 22.6. The molecule has 3 aliphatic rings. The fraction of sp³-hybridized carbons (Fsp3) is 0.400. The highest BCUT2D eigenvalue weighted by atomic mass is 32.2. The predicted octanol–water partition coefficient (Wildman–Crippen LogP) is -0.0376. The lowest BCUT2D eigenvalue weighted by atomic mass is 10.1. The molecule has 3 aliphatic heterocycles. The van der Waals surface area contributed by atoms with Gasteiger partial charge in [-0.05, 0) is 23.3 Å². The molecule has 0 saturated carbocycles.